The highest BCUT2D eigenvalue weighted by Crippen LogP contribution is 2.28. The van der Waals surface area contributed by atoms with Gasteiger partial charge in [-0.3, -0.25) is 0 Å². The molecule has 0 aromatic heterocycles. The fourth-order valence-corrected chi connectivity index (χ4v) is 2.42. The summed E-state index contributed by atoms with van der Waals surface area (Å²) in [5.41, 5.74) is 0.284. The SMILES string of the molecule is N#Cc1ccc(F)c(CNCC2(O)CCCC2)c1. The van der Waals surface area contributed by atoms with Crippen LogP contribution in [0.25, 0.3) is 0 Å². The molecule has 0 aliphatic heterocycles. The number of nitrogens with one attached hydrogen (secondary N) is 1. The molecule has 0 spiro atoms. The monoisotopic (exact) mass is 248 g/mol. The first-order valence-corrected chi connectivity index (χ1v) is 6.25. The van der Waals surface area contributed by atoms with E-state index in [1.54, 1.807) is 6.07 Å². The summed E-state index contributed by atoms with van der Waals surface area (Å²) in [4.78, 5) is 0. The maximum Gasteiger partial charge on any atom is 0.127 e. The van der Waals surface area contributed by atoms with E-state index >= 15 is 0 Å². The van der Waals surface area contributed by atoms with E-state index in [0.717, 1.165) is 25.7 Å². The highest BCUT2D eigenvalue weighted by molar-refractivity contribution is 5.33. The maximum atomic E-state index is 13.5. The van der Waals surface area contributed by atoms with Crippen LogP contribution in [0.5, 0.6) is 0 Å². The van der Waals surface area contributed by atoms with Gasteiger partial charge in [-0.25, -0.2) is 4.39 Å². The van der Waals surface area contributed by atoms with Gasteiger partial charge in [-0.15, -0.1) is 0 Å². The van der Waals surface area contributed by atoms with E-state index < -0.39 is 5.60 Å². The van der Waals surface area contributed by atoms with E-state index in [1.807, 2.05) is 6.07 Å². The molecule has 2 rings (SSSR count). The number of hydrogen-bond acceptors (Lipinski definition) is 3. The van der Waals surface area contributed by atoms with Gasteiger partial charge in [-0.1, -0.05) is 12.8 Å². The lowest BCUT2D eigenvalue weighted by Gasteiger charge is -2.22. The van der Waals surface area contributed by atoms with E-state index in [2.05, 4.69) is 5.32 Å². The van der Waals surface area contributed by atoms with Gasteiger partial charge in [0, 0.05) is 18.7 Å². The molecule has 0 unspecified atom stereocenters. The number of benzene rings is 1. The number of halogens is 1. The Morgan fingerprint density at radius 2 is 2.11 bits per heavy atom. The summed E-state index contributed by atoms with van der Waals surface area (Å²) in [6, 6.07) is 6.30. The van der Waals surface area contributed by atoms with Gasteiger partial charge >= 0.3 is 0 Å². The molecule has 18 heavy (non-hydrogen) atoms. The molecule has 96 valence electrons. The lowest BCUT2D eigenvalue weighted by atomic mass is 10.0. The van der Waals surface area contributed by atoms with Gasteiger partial charge in [0.25, 0.3) is 0 Å². The topological polar surface area (TPSA) is 56.0 Å². The molecule has 1 aliphatic carbocycles. The highest BCUT2D eigenvalue weighted by atomic mass is 19.1. The molecule has 0 bridgehead atoms. The second-order valence-electron chi connectivity index (χ2n) is 4.95. The fourth-order valence-electron chi connectivity index (χ4n) is 2.42. The van der Waals surface area contributed by atoms with E-state index in [9.17, 15) is 9.50 Å². The number of nitriles is 1. The van der Waals surface area contributed by atoms with Gasteiger partial charge in [-0.2, -0.15) is 5.26 Å². The normalized spacial score (nSPS) is 17.6. The van der Waals surface area contributed by atoms with E-state index in [1.165, 1.54) is 12.1 Å². The van der Waals surface area contributed by atoms with Crippen LogP contribution < -0.4 is 5.32 Å². The Bertz CT molecular complexity index is 461. The molecule has 0 radical (unpaired) electrons. The summed E-state index contributed by atoms with van der Waals surface area (Å²) in [5, 5.41) is 22.0. The lowest BCUT2D eigenvalue weighted by Crippen LogP contribution is -2.37. The predicted molar refractivity (Wildman–Crippen MR) is 66.2 cm³/mol. The van der Waals surface area contributed by atoms with Gasteiger partial charge < -0.3 is 10.4 Å². The van der Waals surface area contributed by atoms with E-state index in [4.69, 9.17) is 5.26 Å². The average molecular weight is 248 g/mol. The van der Waals surface area contributed by atoms with Crippen molar-refractivity contribution in [3.63, 3.8) is 0 Å². The van der Waals surface area contributed by atoms with Gasteiger partial charge in [0.2, 0.25) is 0 Å². The molecule has 1 aliphatic rings. The second kappa shape index (κ2) is 5.47. The minimum absolute atomic E-state index is 0.320. The summed E-state index contributed by atoms with van der Waals surface area (Å²) < 4.78 is 13.5. The Morgan fingerprint density at radius 1 is 1.39 bits per heavy atom. The van der Waals surface area contributed by atoms with Crippen molar-refractivity contribution >= 4 is 0 Å². The minimum atomic E-state index is -0.636. The third-order valence-electron chi connectivity index (χ3n) is 3.48. The molecule has 4 heteroatoms. The molecular formula is C14H17FN2O. The Labute approximate surface area is 106 Å². The zero-order valence-corrected chi connectivity index (χ0v) is 10.2. The van der Waals surface area contributed by atoms with Crippen molar-refractivity contribution in [1.82, 2.24) is 5.32 Å². The third-order valence-corrected chi connectivity index (χ3v) is 3.48. The Hall–Kier alpha value is -1.44. The molecule has 0 amide bonds. The first-order chi connectivity index (χ1) is 8.63. The van der Waals surface area contributed by atoms with Crippen LogP contribution in [0.15, 0.2) is 18.2 Å². The summed E-state index contributed by atoms with van der Waals surface area (Å²) >= 11 is 0. The van der Waals surface area contributed by atoms with Crippen molar-refractivity contribution in [1.29, 1.82) is 5.26 Å². The van der Waals surface area contributed by atoms with Crippen molar-refractivity contribution in [2.45, 2.75) is 37.8 Å². The van der Waals surface area contributed by atoms with Crippen LogP contribution in [0.4, 0.5) is 4.39 Å². The quantitative estimate of drug-likeness (QED) is 0.857. The number of hydrogen-bond donors (Lipinski definition) is 2. The average Bonchev–Trinajstić information content (AvgIpc) is 2.79. The molecule has 2 N–H and O–H groups in total. The number of rotatable bonds is 4. The highest BCUT2D eigenvalue weighted by Gasteiger charge is 2.30. The summed E-state index contributed by atoms with van der Waals surface area (Å²) in [5.74, 6) is -0.320. The van der Waals surface area contributed by atoms with Gasteiger partial charge in [-0.05, 0) is 31.0 Å². The Morgan fingerprint density at radius 3 is 2.78 bits per heavy atom. The number of nitrogens with zero attached hydrogens (tertiary/aromatic N) is 1. The largest absolute Gasteiger partial charge is 0.389 e. The molecule has 1 saturated carbocycles. The zero-order valence-electron chi connectivity index (χ0n) is 10.2. The van der Waals surface area contributed by atoms with Crippen molar-refractivity contribution in [2.75, 3.05) is 6.54 Å². The summed E-state index contributed by atoms with van der Waals surface area (Å²) in [7, 11) is 0. The lowest BCUT2D eigenvalue weighted by molar-refractivity contribution is 0.0474. The Kier molecular flexibility index (Phi) is 3.95. The van der Waals surface area contributed by atoms with Crippen LogP contribution in [0.3, 0.4) is 0 Å². The molecule has 0 heterocycles. The summed E-state index contributed by atoms with van der Waals surface area (Å²) in [6.07, 6.45) is 3.72. The van der Waals surface area contributed by atoms with Crippen LogP contribution in [0, 0.1) is 17.1 Å². The van der Waals surface area contributed by atoms with Crippen molar-refractivity contribution in [2.24, 2.45) is 0 Å². The van der Waals surface area contributed by atoms with Gasteiger partial charge in [0.05, 0.1) is 17.2 Å². The van der Waals surface area contributed by atoms with Crippen LogP contribution >= 0.6 is 0 Å². The van der Waals surface area contributed by atoms with Crippen molar-refractivity contribution < 1.29 is 9.50 Å². The van der Waals surface area contributed by atoms with Crippen LogP contribution in [-0.4, -0.2) is 17.3 Å². The minimum Gasteiger partial charge on any atom is -0.389 e. The molecule has 3 nitrogen and oxygen atoms in total. The maximum absolute atomic E-state index is 13.5. The van der Waals surface area contributed by atoms with Crippen molar-refractivity contribution in [3.05, 3.63) is 35.1 Å². The second-order valence-corrected chi connectivity index (χ2v) is 4.95. The number of aliphatic hydroxyl groups is 1. The van der Waals surface area contributed by atoms with E-state index in [-0.39, 0.29) is 5.82 Å². The zero-order chi connectivity index (χ0) is 13.0. The van der Waals surface area contributed by atoms with Crippen LogP contribution in [0.2, 0.25) is 0 Å². The third kappa shape index (κ3) is 3.06. The first-order valence-electron chi connectivity index (χ1n) is 6.25. The standard InChI is InChI=1S/C14H17FN2O/c15-13-4-3-11(8-16)7-12(13)9-17-10-14(18)5-1-2-6-14/h3-4,7,17-18H,1-2,5-6,9-10H2. The smallest absolute Gasteiger partial charge is 0.127 e. The van der Waals surface area contributed by atoms with E-state index in [0.29, 0.717) is 24.2 Å². The molecule has 1 aromatic rings. The van der Waals surface area contributed by atoms with Gasteiger partial charge in [0.1, 0.15) is 5.82 Å². The molecular weight excluding hydrogens is 231 g/mol. The molecule has 1 fully saturated rings. The Balaban J connectivity index is 1.92. The molecule has 0 atom stereocenters. The predicted octanol–water partition coefficient (Wildman–Crippen LogP) is 2.09. The van der Waals surface area contributed by atoms with Gasteiger partial charge in [0.15, 0.2) is 0 Å². The van der Waals surface area contributed by atoms with Crippen molar-refractivity contribution in [3.8, 4) is 6.07 Å². The summed E-state index contributed by atoms with van der Waals surface area (Å²) in [6.45, 7) is 0.812. The first kappa shape index (κ1) is 13.0. The van der Waals surface area contributed by atoms with Crippen LogP contribution in [-0.2, 0) is 6.54 Å². The molecule has 1 aromatic carbocycles. The van der Waals surface area contributed by atoms with Crippen LogP contribution in [0.1, 0.15) is 36.8 Å². The molecule has 0 saturated heterocycles. The fraction of sp³-hybridized carbons (Fsp3) is 0.500.